The molecule has 5 N–H and O–H groups in total. The first kappa shape index (κ1) is 18.8. The Hall–Kier alpha value is -2.53. The van der Waals surface area contributed by atoms with Crippen molar-refractivity contribution < 1.29 is 28.2 Å². The number of hydrogen-bond donors (Lipinski definition) is 4. The lowest BCUT2D eigenvalue weighted by molar-refractivity contribution is 0.0679. The van der Waals surface area contributed by atoms with Crippen LogP contribution in [0, 0.1) is 0 Å². The monoisotopic (exact) mass is 431 g/mol. The smallest absolute Gasteiger partial charge is 0.352 e. The van der Waals surface area contributed by atoms with E-state index in [-0.39, 0.29) is 34.1 Å². The number of carboxylic acid groups (broad SMARTS) is 2. The van der Waals surface area contributed by atoms with Crippen molar-refractivity contribution >= 4 is 49.3 Å². The second kappa shape index (κ2) is 6.76. The van der Waals surface area contributed by atoms with E-state index in [4.69, 9.17) is 15.9 Å². The number of halogens is 1. The zero-order valence-electron chi connectivity index (χ0n) is 12.9. The topological polar surface area (TPSA) is 152 Å². The van der Waals surface area contributed by atoms with E-state index in [1.165, 1.54) is 22.9 Å². The molecule has 0 bridgehead atoms. The molecule has 0 saturated carbocycles. The Labute approximate surface area is 151 Å². The zero-order valence-corrected chi connectivity index (χ0v) is 15.3. The summed E-state index contributed by atoms with van der Waals surface area (Å²) >= 11 is 3.09. The maximum atomic E-state index is 12.5. The van der Waals surface area contributed by atoms with Gasteiger partial charge < -0.3 is 20.5 Å². The van der Waals surface area contributed by atoms with E-state index in [1.807, 2.05) is 0 Å². The van der Waals surface area contributed by atoms with Gasteiger partial charge in [0.15, 0.2) is 0 Å². The molecule has 0 aliphatic rings. The molecule has 0 unspecified atom stereocenters. The summed E-state index contributed by atoms with van der Waals surface area (Å²) in [6.45, 7) is 1.93. The molecule has 134 valence electrons. The predicted octanol–water partition coefficient (Wildman–Crippen LogP) is 2.05. The maximum Gasteiger partial charge on any atom is 0.352 e. The molecule has 0 aliphatic heterocycles. The minimum absolute atomic E-state index is 0.132. The molecule has 0 spiro atoms. The van der Waals surface area contributed by atoms with Crippen LogP contribution >= 0.6 is 15.9 Å². The first-order valence-electron chi connectivity index (χ1n) is 6.85. The number of nitrogens with zero attached hydrogens (tertiary/aromatic N) is 1. The van der Waals surface area contributed by atoms with Gasteiger partial charge in [-0.3, -0.25) is 4.72 Å². The number of nitrogen functional groups attached to an aromatic ring is 1. The van der Waals surface area contributed by atoms with E-state index in [1.54, 1.807) is 6.92 Å². The minimum atomic E-state index is -4.17. The molecule has 11 heteroatoms. The van der Waals surface area contributed by atoms with E-state index in [9.17, 15) is 18.0 Å². The Balaban J connectivity index is 2.50. The second-order valence-electron chi connectivity index (χ2n) is 4.98. The lowest BCUT2D eigenvalue weighted by atomic mass is 10.1. The van der Waals surface area contributed by atoms with Crippen LogP contribution in [0.5, 0.6) is 0 Å². The third kappa shape index (κ3) is 3.77. The van der Waals surface area contributed by atoms with Crippen LogP contribution in [-0.2, 0) is 16.6 Å². The van der Waals surface area contributed by atoms with Crippen molar-refractivity contribution in [3.8, 4) is 0 Å². The van der Waals surface area contributed by atoms with Crippen molar-refractivity contribution in [1.29, 1.82) is 0 Å². The van der Waals surface area contributed by atoms with Gasteiger partial charge in [-0.25, -0.2) is 18.0 Å². The number of anilines is 2. The molecular weight excluding hydrogens is 418 g/mol. The van der Waals surface area contributed by atoms with Crippen molar-refractivity contribution in [2.24, 2.45) is 0 Å². The van der Waals surface area contributed by atoms with Gasteiger partial charge in [-0.2, -0.15) is 0 Å². The zero-order chi connectivity index (χ0) is 18.9. The first-order valence-corrected chi connectivity index (χ1v) is 9.13. The fourth-order valence-electron chi connectivity index (χ4n) is 2.15. The third-order valence-electron chi connectivity index (χ3n) is 3.36. The van der Waals surface area contributed by atoms with Crippen molar-refractivity contribution in [1.82, 2.24) is 4.57 Å². The van der Waals surface area contributed by atoms with Crippen LogP contribution in [0.3, 0.4) is 0 Å². The molecule has 25 heavy (non-hydrogen) atoms. The summed E-state index contributed by atoms with van der Waals surface area (Å²) in [5.74, 6) is -2.58. The highest BCUT2D eigenvalue weighted by Crippen LogP contribution is 2.30. The molecule has 1 aromatic carbocycles. The van der Waals surface area contributed by atoms with E-state index < -0.39 is 22.0 Å². The summed E-state index contributed by atoms with van der Waals surface area (Å²) in [6.07, 6.45) is 1.18. The van der Waals surface area contributed by atoms with Gasteiger partial charge in [0, 0.05) is 17.2 Å². The molecule has 9 nitrogen and oxygen atoms in total. The van der Waals surface area contributed by atoms with Gasteiger partial charge in [-0.05, 0) is 25.1 Å². The third-order valence-corrected chi connectivity index (χ3v) is 5.15. The molecule has 0 saturated heterocycles. The van der Waals surface area contributed by atoms with Crippen molar-refractivity contribution in [3.05, 3.63) is 40.1 Å². The summed E-state index contributed by atoms with van der Waals surface area (Å²) in [5.41, 5.74) is 4.87. The van der Waals surface area contributed by atoms with Crippen LogP contribution in [0.15, 0.2) is 33.8 Å². The van der Waals surface area contributed by atoms with Crippen molar-refractivity contribution in [2.45, 2.75) is 18.4 Å². The lowest BCUT2D eigenvalue weighted by Crippen LogP contribution is -2.15. The van der Waals surface area contributed by atoms with Gasteiger partial charge in [0.2, 0.25) is 0 Å². The van der Waals surface area contributed by atoms with Crippen molar-refractivity contribution in [3.63, 3.8) is 0 Å². The number of rotatable bonds is 6. The van der Waals surface area contributed by atoms with Crippen LogP contribution in [0.4, 0.5) is 11.4 Å². The number of carbonyl (C=O) groups is 2. The molecule has 0 atom stereocenters. The summed E-state index contributed by atoms with van der Waals surface area (Å²) in [7, 11) is -4.17. The van der Waals surface area contributed by atoms with Crippen LogP contribution in [-0.4, -0.2) is 35.1 Å². The van der Waals surface area contributed by atoms with Gasteiger partial charge in [0.05, 0.1) is 16.9 Å². The van der Waals surface area contributed by atoms with Gasteiger partial charge in [-0.15, -0.1) is 0 Å². The standard InChI is InChI=1S/C14H14BrN3O6S/c1-2-18-6-8(5-11(18)14(21)22)25(23,24)17-10-4-7(15)3-9(12(10)16)13(19)20/h3-6,17H,2,16H2,1H3,(H,19,20)(H,21,22). The molecule has 2 aromatic rings. The molecule has 1 heterocycles. The number of nitrogens with one attached hydrogen (secondary N) is 1. The van der Waals surface area contributed by atoms with Crippen LogP contribution < -0.4 is 10.5 Å². The van der Waals surface area contributed by atoms with E-state index >= 15 is 0 Å². The van der Waals surface area contributed by atoms with E-state index in [0.717, 1.165) is 6.07 Å². The Bertz CT molecular complexity index is 967. The summed E-state index contributed by atoms with van der Waals surface area (Å²) in [5, 5.41) is 18.2. The van der Waals surface area contributed by atoms with E-state index in [2.05, 4.69) is 20.7 Å². The average Bonchev–Trinajstić information content (AvgIpc) is 2.95. The number of carboxylic acids is 2. The molecular formula is C14H14BrN3O6S. The quantitative estimate of drug-likeness (QED) is 0.510. The highest BCUT2D eigenvalue weighted by molar-refractivity contribution is 9.10. The number of nitrogens with two attached hydrogens (primary N) is 1. The predicted molar refractivity (Wildman–Crippen MR) is 93.4 cm³/mol. The number of benzene rings is 1. The number of aromatic nitrogens is 1. The Morgan fingerprint density at radius 3 is 2.36 bits per heavy atom. The summed E-state index contributed by atoms with van der Waals surface area (Å²) in [4.78, 5) is 22.1. The molecule has 2 rings (SSSR count). The Kier molecular flexibility index (Phi) is 5.09. The van der Waals surface area contributed by atoms with Gasteiger partial charge in [0.1, 0.15) is 10.6 Å². The molecule has 0 fully saturated rings. The molecule has 0 radical (unpaired) electrons. The molecule has 1 aromatic heterocycles. The Morgan fingerprint density at radius 2 is 1.88 bits per heavy atom. The first-order chi connectivity index (χ1) is 11.6. The number of sulfonamides is 1. The van der Waals surface area contributed by atoms with Crippen molar-refractivity contribution in [2.75, 3.05) is 10.5 Å². The maximum absolute atomic E-state index is 12.5. The lowest BCUT2D eigenvalue weighted by Gasteiger charge is -2.12. The second-order valence-corrected chi connectivity index (χ2v) is 7.58. The van der Waals surface area contributed by atoms with E-state index in [0.29, 0.717) is 4.47 Å². The highest BCUT2D eigenvalue weighted by atomic mass is 79.9. The van der Waals surface area contributed by atoms with Crippen LogP contribution in [0.25, 0.3) is 0 Å². The average molecular weight is 432 g/mol. The molecule has 0 amide bonds. The van der Waals surface area contributed by atoms with Gasteiger partial charge in [0.25, 0.3) is 10.0 Å². The van der Waals surface area contributed by atoms with Gasteiger partial charge >= 0.3 is 11.9 Å². The summed E-state index contributed by atoms with van der Waals surface area (Å²) < 4.78 is 28.8. The van der Waals surface area contributed by atoms with Gasteiger partial charge in [-0.1, -0.05) is 15.9 Å². The highest BCUT2D eigenvalue weighted by Gasteiger charge is 2.23. The normalized spacial score (nSPS) is 11.3. The minimum Gasteiger partial charge on any atom is -0.478 e. The fourth-order valence-corrected chi connectivity index (χ4v) is 3.72. The SMILES string of the molecule is CCn1cc(S(=O)(=O)Nc2cc(Br)cc(C(=O)O)c2N)cc1C(=O)O. The number of hydrogen-bond acceptors (Lipinski definition) is 5. The largest absolute Gasteiger partial charge is 0.478 e. The number of aromatic carboxylic acids is 2. The van der Waals surface area contributed by atoms with Crippen LogP contribution in [0.2, 0.25) is 0 Å². The Morgan fingerprint density at radius 1 is 1.24 bits per heavy atom. The van der Waals surface area contributed by atoms with Crippen LogP contribution in [0.1, 0.15) is 27.8 Å². The number of aryl methyl sites for hydroxylation is 1. The molecule has 0 aliphatic carbocycles. The fraction of sp³-hybridized carbons (Fsp3) is 0.143. The summed E-state index contributed by atoms with van der Waals surface area (Å²) in [6, 6.07) is 3.57.